The lowest BCUT2D eigenvalue weighted by atomic mass is 9.86. The molecule has 0 aromatic heterocycles. The summed E-state index contributed by atoms with van der Waals surface area (Å²) in [6.45, 7) is 8.61. The number of rotatable bonds is 3. The van der Waals surface area contributed by atoms with Gasteiger partial charge in [-0.2, -0.15) is 0 Å². The maximum Gasteiger partial charge on any atom is 0.0188 e. The summed E-state index contributed by atoms with van der Waals surface area (Å²) in [6.07, 6.45) is 2.56. The molecule has 0 bridgehead atoms. The fraction of sp³-hybridized carbons (Fsp3) is 0.429. The second-order valence-corrected chi connectivity index (χ2v) is 4.43. The molecule has 0 heteroatoms. The van der Waals surface area contributed by atoms with Gasteiger partial charge in [0.25, 0.3) is 0 Å². The van der Waals surface area contributed by atoms with Gasteiger partial charge >= 0.3 is 0 Å². The Kier molecular flexibility index (Phi) is 2.22. The molecule has 2 atom stereocenters. The molecule has 0 radical (unpaired) electrons. The Hall–Kier alpha value is -1.04. The fourth-order valence-electron chi connectivity index (χ4n) is 2.68. The number of hydrogen-bond donors (Lipinski definition) is 0. The Morgan fingerprint density at radius 2 is 2.07 bits per heavy atom. The molecule has 1 aliphatic carbocycles. The minimum Gasteiger partial charge on any atom is -0.0992 e. The lowest BCUT2D eigenvalue weighted by Crippen LogP contribution is -2.10. The van der Waals surface area contributed by atoms with E-state index in [9.17, 15) is 0 Å². The third-order valence-electron chi connectivity index (χ3n) is 3.65. The van der Waals surface area contributed by atoms with E-state index < -0.39 is 0 Å². The molecule has 74 valence electrons. The summed E-state index contributed by atoms with van der Waals surface area (Å²) in [6, 6.07) is 10.8. The van der Waals surface area contributed by atoms with Crippen LogP contribution in [0.1, 0.15) is 32.3 Å². The van der Waals surface area contributed by atoms with Crippen LogP contribution in [0.4, 0.5) is 0 Å². The Morgan fingerprint density at radius 1 is 1.43 bits per heavy atom. The molecule has 0 spiro atoms. The quantitative estimate of drug-likeness (QED) is 0.627. The van der Waals surface area contributed by atoms with Crippen LogP contribution >= 0.6 is 0 Å². The van der Waals surface area contributed by atoms with Crippen molar-refractivity contribution in [2.45, 2.75) is 32.1 Å². The summed E-state index contributed by atoms with van der Waals surface area (Å²) in [5.74, 6) is 0.822. The Labute approximate surface area is 86.7 Å². The predicted octanol–water partition coefficient (Wildman–Crippen LogP) is 3.93. The summed E-state index contributed by atoms with van der Waals surface area (Å²) in [7, 11) is 0. The zero-order valence-electron chi connectivity index (χ0n) is 9.09. The van der Waals surface area contributed by atoms with Gasteiger partial charge in [-0.25, -0.2) is 0 Å². The second kappa shape index (κ2) is 3.27. The molecule has 1 aromatic carbocycles. The van der Waals surface area contributed by atoms with E-state index in [1.54, 1.807) is 0 Å². The molecule has 0 amide bonds. The van der Waals surface area contributed by atoms with Crippen LogP contribution in [0.3, 0.4) is 0 Å². The van der Waals surface area contributed by atoms with Crippen molar-refractivity contribution in [1.29, 1.82) is 0 Å². The van der Waals surface area contributed by atoms with Crippen molar-refractivity contribution in [1.82, 2.24) is 0 Å². The van der Waals surface area contributed by atoms with Gasteiger partial charge in [0.1, 0.15) is 0 Å². The predicted molar refractivity (Wildman–Crippen MR) is 61.3 cm³/mol. The highest BCUT2D eigenvalue weighted by atomic mass is 14.6. The maximum atomic E-state index is 4.16. The van der Waals surface area contributed by atoms with Crippen LogP contribution in [0.5, 0.6) is 0 Å². The number of allylic oxidation sites excluding steroid dienone is 1. The van der Waals surface area contributed by atoms with Gasteiger partial charge in [0.05, 0.1) is 0 Å². The molecular formula is C14H18. The zero-order valence-corrected chi connectivity index (χ0v) is 9.09. The first-order valence-electron chi connectivity index (χ1n) is 5.43. The highest BCUT2D eigenvalue weighted by molar-refractivity contribution is 5.43. The van der Waals surface area contributed by atoms with Crippen molar-refractivity contribution in [3.8, 4) is 0 Å². The van der Waals surface area contributed by atoms with E-state index in [-0.39, 0.29) is 0 Å². The first kappa shape index (κ1) is 9.51. The van der Waals surface area contributed by atoms with Gasteiger partial charge in [0, 0.05) is 5.41 Å². The normalized spacial score (nSPS) is 30.0. The van der Waals surface area contributed by atoms with E-state index in [1.807, 2.05) is 0 Å². The lowest BCUT2D eigenvalue weighted by molar-refractivity contribution is 0.666. The number of hydrogen-bond acceptors (Lipinski definition) is 0. The first-order valence-corrected chi connectivity index (χ1v) is 5.43. The summed E-state index contributed by atoms with van der Waals surface area (Å²) in [4.78, 5) is 0. The molecule has 0 aliphatic heterocycles. The Balaban J connectivity index is 2.36. The van der Waals surface area contributed by atoms with E-state index in [2.05, 4.69) is 50.8 Å². The molecule has 2 rings (SSSR count). The van der Waals surface area contributed by atoms with Crippen molar-refractivity contribution in [2.75, 3.05) is 0 Å². The third kappa shape index (κ3) is 1.21. The van der Waals surface area contributed by atoms with Crippen LogP contribution < -0.4 is 0 Å². The van der Waals surface area contributed by atoms with Gasteiger partial charge in [0.15, 0.2) is 0 Å². The van der Waals surface area contributed by atoms with Crippen LogP contribution in [0, 0.1) is 5.92 Å². The van der Waals surface area contributed by atoms with Crippen molar-refractivity contribution in [2.24, 2.45) is 5.92 Å². The van der Waals surface area contributed by atoms with E-state index >= 15 is 0 Å². The minimum absolute atomic E-state index is 0.315. The van der Waals surface area contributed by atoms with Gasteiger partial charge in [0.2, 0.25) is 0 Å². The largest absolute Gasteiger partial charge is 0.0992 e. The van der Waals surface area contributed by atoms with Gasteiger partial charge in [-0.3, -0.25) is 0 Å². The molecule has 14 heavy (non-hydrogen) atoms. The highest BCUT2D eigenvalue weighted by Gasteiger charge is 2.54. The van der Waals surface area contributed by atoms with Gasteiger partial charge in [-0.15, -0.1) is 0 Å². The van der Waals surface area contributed by atoms with Crippen LogP contribution in [0.25, 0.3) is 0 Å². The van der Waals surface area contributed by atoms with Crippen LogP contribution in [0.15, 0.2) is 42.5 Å². The molecule has 0 saturated heterocycles. The van der Waals surface area contributed by atoms with Crippen molar-refractivity contribution in [3.63, 3.8) is 0 Å². The van der Waals surface area contributed by atoms with Crippen LogP contribution in [-0.2, 0) is 5.41 Å². The van der Waals surface area contributed by atoms with Crippen molar-refractivity contribution >= 4 is 0 Å². The maximum absolute atomic E-state index is 4.16. The SMILES string of the molecule is C=C(C)[C@@]1(c2ccccc2)C[C@H]1CC. The smallest absolute Gasteiger partial charge is 0.0188 e. The van der Waals surface area contributed by atoms with E-state index in [1.165, 1.54) is 24.0 Å². The van der Waals surface area contributed by atoms with Gasteiger partial charge < -0.3 is 0 Å². The third-order valence-corrected chi connectivity index (χ3v) is 3.65. The van der Waals surface area contributed by atoms with Gasteiger partial charge in [-0.1, -0.05) is 55.8 Å². The molecule has 1 saturated carbocycles. The molecule has 0 heterocycles. The lowest BCUT2D eigenvalue weighted by Gasteiger charge is -2.17. The van der Waals surface area contributed by atoms with E-state index in [4.69, 9.17) is 0 Å². The zero-order chi connectivity index (χ0) is 10.2. The molecule has 1 aliphatic rings. The highest BCUT2D eigenvalue weighted by Crippen LogP contribution is 2.59. The molecule has 0 unspecified atom stereocenters. The standard InChI is InChI=1S/C14H18/c1-4-12-10-14(12,11(2)3)13-8-6-5-7-9-13/h5-9,12H,2,4,10H2,1,3H3/t12-,14+/m1/s1. The molecule has 0 N–H and O–H groups in total. The Morgan fingerprint density at radius 3 is 2.50 bits per heavy atom. The van der Waals surface area contributed by atoms with Crippen molar-refractivity contribution < 1.29 is 0 Å². The fourth-order valence-corrected chi connectivity index (χ4v) is 2.68. The molecule has 1 aromatic rings. The molecule has 1 fully saturated rings. The van der Waals surface area contributed by atoms with Crippen LogP contribution in [-0.4, -0.2) is 0 Å². The van der Waals surface area contributed by atoms with Gasteiger partial charge in [-0.05, 0) is 24.8 Å². The van der Waals surface area contributed by atoms with E-state index in [0.29, 0.717) is 5.41 Å². The first-order chi connectivity index (χ1) is 6.71. The monoisotopic (exact) mass is 186 g/mol. The summed E-state index contributed by atoms with van der Waals surface area (Å²) in [5.41, 5.74) is 3.10. The summed E-state index contributed by atoms with van der Waals surface area (Å²) < 4.78 is 0. The average Bonchev–Trinajstić information content (AvgIpc) is 2.94. The summed E-state index contributed by atoms with van der Waals surface area (Å²) >= 11 is 0. The Bertz CT molecular complexity index is 336. The average molecular weight is 186 g/mol. The second-order valence-electron chi connectivity index (χ2n) is 4.43. The van der Waals surface area contributed by atoms with Crippen molar-refractivity contribution in [3.05, 3.63) is 48.0 Å². The molecule has 0 nitrogen and oxygen atoms in total. The summed E-state index contributed by atoms with van der Waals surface area (Å²) in [5, 5.41) is 0. The van der Waals surface area contributed by atoms with E-state index in [0.717, 1.165) is 5.92 Å². The minimum atomic E-state index is 0.315. The topological polar surface area (TPSA) is 0 Å². The van der Waals surface area contributed by atoms with Crippen LogP contribution in [0.2, 0.25) is 0 Å². The molecular weight excluding hydrogens is 168 g/mol. The number of benzene rings is 1.